The van der Waals surface area contributed by atoms with Gasteiger partial charge in [-0.2, -0.15) is 0 Å². The molecular weight excluding hydrogens is 408 g/mol. The minimum Gasteiger partial charge on any atom is -0.322 e. The number of anilines is 2. The summed E-state index contributed by atoms with van der Waals surface area (Å²) in [6.07, 6.45) is 0. The second kappa shape index (κ2) is 8.27. The molecule has 0 saturated carbocycles. The number of aryl methyl sites for hydroxylation is 3. The lowest BCUT2D eigenvalue weighted by molar-refractivity contribution is 0.102. The van der Waals surface area contributed by atoms with E-state index in [0.29, 0.717) is 11.4 Å². The zero-order valence-electron chi connectivity index (χ0n) is 16.3. The quantitative estimate of drug-likeness (QED) is 0.577. The number of amides is 1. The fourth-order valence-corrected chi connectivity index (χ4v) is 4.42. The van der Waals surface area contributed by atoms with Gasteiger partial charge in [-0.05, 0) is 73.9 Å². The molecule has 29 heavy (non-hydrogen) atoms. The number of carbonyl (C=O) groups excluding carboxylic acids is 1. The van der Waals surface area contributed by atoms with Crippen LogP contribution < -0.4 is 10.0 Å². The molecule has 0 unspecified atom stereocenters. The van der Waals surface area contributed by atoms with E-state index in [-0.39, 0.29) is 15.5 Å². The van der Waals surface area contributed by atoms with Crippen molar-refractivity contribution in [3.63, 3.8) is 0 Å². The van der Waals surface area contributed by atoms with Crippen molar-refractivity contribution in [2.24, 2.45) is 0 Å². The molecule has 1 amide bonds. The number of rotatable bonds is 5. The third kappa shape index (κ3) is 4.78. The Balaban J connectivity index is 1.89. The summed E-state index contributed by atoms with van der Waals surface area (Å²) >= 11 is 6.14. The van der Waals surface area contributed by atoms with E-state index in [9.17, 15) is 13.2 Å². The Morgan fingerprint density at radius 3 is 2.28 bits per heavy atom. The Kier molecular flexibility index (Phi) is 5.96. The number of para-hydroxylation sites is 1. The van der Waals surface area contributed by atoms with E-state index in [2.05, 4.69) is 10.0 Å². The number of nitrogens with one attached hydrogen (secondary N) is 2. The molecule has 0 spiro atoms. The van der Waals surface area contributed by atoms with E-state index in [1.165, 1.54) is 18.2 Å². The Hall–Kier alpha value is -2.83. The molecule has 5 nitrogen and oxygen atoms in total. The SMILES string of the molecule is Cc1ccc(NC(=O)c2ccc(Cl)c(S(=O)(=O)Nc3ccccc3C)c2)cc1C. The van der Waals surface area contributed by atoms with Gasteiger partial charge >= 0.3 is 0 Å². The van der Waals surface area contributed by atoms with Gasteiger partial charge in [0.05, 0.1) is 10.7 Å². The van der Waals surface area contributed by atoms with Crippen LogP contribution in [0.25, 0.3) is 0 Å². The van der Waals surface area contributed by atoms with Gasteiger partial charge < -0.3 is 5.32 Å². The van der Waals surface area contributed by atoms with Gasteiger partial charge in [0.25, 0.3) is 15.9 Å². The number of hydrogen-bond donors (Lipinski definition) is 2. The van der Waals surface area contributed by atoms with Crippen LogP contribution >= 0.6 is 11.6 Å². The summed E-state index contributed by atoms with van der Waals surface area (Å²) < 4.78 is 28.3. The number of halogens is 1. The van der Waals surface area contributed by atoms with Crippen LogP contribution in [0.2, 0.25) is 5.02 Å². The van der Waals surface area contributed by atoms with Crippen LogP contribution in [0.15, 0.2) is 65.6 Å². The predicted octanol–water partition coefficient (Wildman–Crippen LogP) is 5.32. The van der Waals surface area contributed by atoms with Crippen LogP contribution in [0.1, 0.15) is 27.0 Å². The predicted molar refractivity (Wildman–Crippen MR) is 117 cm³/mol. The zero-order valence-corrected chi connectivity index (χ0v) is 17.9. The fourth-order valence-electron chi connectivity index (χ4n) is 2.76. The van der Waals surface area contributed by atoms with Crippen LogP contribution in [0, 0.1) is 20.8 Å². The molecule has 150 valence electrons. The first kappa shape index (κ1) is 20.9. The number of hydrogen-bond acceptors (Lipinski definition) is 3. The van der Waals surface area contributed by atoms with Crippen molar-refractivity contribution in [1.29, 1.82) is 0 Å². The Morgan fingerprint density at radius 2 is 1.59 bits per heavy atom. The van der Waals surface area contributed by atoms with Gasteiger partial charge in [-0.3, -0.25) is 9.52 Å². The highest BCUT2D eigenvalue weighted by Crippen LogP contribution is 2.26. The van der Waals surface area contributed by atoms with E-state index in [0.717, 1.165) is 16.7 Å². The van der Waals surface area contributed by atoms with Crippen molar-refractivity contribution >= 4 is 38.9 Å². The third-order valence-electron chi connectivity index (χ3n) is 4.64. The minimum absolute atomic E-state index is 0.0359. The van der Waals surface area contributed by atoms with Gasteiger partial charge in [-0.15, -0.1) is 0 Å². The number of sulfonamides is 1. The highest BCUT2D eigenvalue weighted by molar-refractivity contribution is 7.92. The lowest BCUT2D eigenvalue weighted by Gasteiger charge is -2.13. The van der Waals surface area contributed by atoms with E-state index in [4.69, 9.17) is 11.6 Å². The van der Waals surface area contributed by atoms with Crippen LogP contribution in [0.3, 0.4) is 0 Å². The average molecular weight is 429 g/mol. The molecule has 0 saturated heterocycles. The fraction of sp³-hybridized carbons (Fsp3) is 0.136. The molecular formula is C22H21ClN2O3S. The van der Waals surface area contributed by atoms with Gasteiger partial charge in [0.15, 0.2) is 0 Å². The molecule has 0 aliphatic rings. The van der Waals surface area contributed by atoms with Crippen LogP contribution in [-0.4, -0.2) is 14.3 Å². The molecule has 0 atom stereocenters. The molecule has 0 radical (unpaired) electrons. The lowest BCUT2D eigenvalue weighted by Crippen LogP contribution is -2.17. The maximum absolute atomic E-state index is 12.9. The van der Waals surface area contributed by atoms with Crippen molar-refractivity contribution in [2.45, 2.75) is 25.7 Å². The molecule has 0 fully saturated rings. The zero-order chi connectivity index (χ0) is 21.2. The summed E-state index contributed by atoms with van der Waals surface area (Å²) in [5.74, 6) is -0.419. The Labute approximate surface area is 175 Å². The molecule has 3 aromatic carbocycles. The average Bonchev–Trinajstić information content (AvgIpc) is 2.66. The minimum atomic E-state index is -3.97. The number of carbonyl (C=O) groups is 1. The van der Waals surface area contributed by atoms with Gasteiger partial charge in [0.2, 0.25) is 0 Å². The van der Waals surface area contributed by atoms with E-state index in [1.54, 1.807) is 31.2 Å². The molecule has 3 aromatic rings. The third-order valence-corrected chi connectivity index (χ3v) is 6.48. The molecule has 7 heteroatoms. The van der Waals surface area contributed by atoms with Crippen LogP contribution in [-0.2, 0) is 10.0 Å². The standard InChI is InChI=1S/C22H21ClN2O3S/c1-14-8-10-18(12-16(14)3)24-22(26)17-9-11-19(23)21(13-17)29(27,28)25-20-7-5-4-6-15(20)2/h4-13,25H,1-3H3,(H,24,26). The summed E-state index contributed by atoms with van der Waals surface area (Å²) in [5, 5.41) is 2.82. The van der Waals surface area contributed by atoms with Gasteiger partial charge in [-0.25, -0.2) is 8.42 Å². The first-order chi connectivity index (χ1) is 13.7. The summed E-state index contributed by atoms with van der Waals surface area (Å²) in [6.45, 7) is 5.74. The summed E-state index contributed by atoms with van der Waals surface area (Å²) in [6, 6.07) is 16.8. The van der Waals surface area contributed by atoms with Gasteiger partial charge in [0, 0.05) is 11.3 Å². The highest BCUT2D eigenvalue weighted by atomic mass is 35.5. The van der Waals surface area contributed by atoms with Crippen LogP contribution in [0.4, 0.5) is 11.4 Å². The molecule has 0 aromatic heterocycles. The second-order valence-corrected chi connectivity index (χ2v) is 8.88. The summed E-state index contributed by atoms with van der Waals surface area (Å²) in [5.41, 5.74) is 4.22. The first-order valence-electron chi connectivity index (χ1n) is 8.94. The maximum atomic E-state index is 12.9. The van der Waals surface area contributed by atoms with Crippen molar-refractivity contribution in [2.75, 3.05) is 10.0 Å². The molecule has 0 heterocycles. The first-order valence-corrected chi connectivity index (χ1v) is 10.8. The molecule has 2 N–H and O–H groups in total. The van der Waals surface area contributed by atoms with Gasteiger partial charge in [-0.1, -0.05) is 35.9 Å². The molecule has 3 rings (SSSR count). The highest BCUT2D eigenvalue weighted by Gasteiger charge is 2.21. The normalized spacial score (nSPS) is 11.2. The van der Waals surface area contributed by atoms with E-state index >= 15 is 0 Å². The van der Waals surface area contributed by atoms with Crippen LogP contribution in [0.5, 0.6) is 0 Å². The molecule has 0 aliphatic heterocycles. The largest absolute Gasteiger partial charge is 0.322 e. The Bertz CT molecular complexity index is 1190. The smallest absolute Gasteiger partial charge is 0.263 e. The molecule has 0 bridgehead atoms. The second-order valence-electron chi connectivity index (χ2n) is 6.82. The summed E-state index contributed by atoms with van der Waals surface area (Å²) in [4.78, 5) is 12.5. The van der Waals surface area contributed by atoms with Crippen molar-refractivity contribution in [3.8, 4) is 0 Å². The molecule has 0 aliphatic carbocycles. The van der Waals surface area contributed by atoms with Crippen molar-refractivity contribution in [3.05, 3.63) is 87.9 Å². The van der Waals surface area contributed by atoms with E-state index < -0.39 is 15.9 Å². The topological polar surface area (TPSA) is 75.3 Å². The van der Waals surface area contributed by atoms with Crippen molar-refractivity contribution < 1.29 is 13.2 Å². The van der Waals surface area contributed by atoms with Crippen molar-refractivity contribution in [1.82, 2.24) is 0 Å². The number of benzene rings is 3. The Morgan fingerprint density at radius 1 is 0.862 bits per heavy atom. The monoisotopic (exact) mass is 428 g/mol. The maximum Gasteiger partial charge on any atom is 0.263 e. The van der Waals surface area contributed by atoms with Gasteiger partial charge in [0.1, 0.15) is 4.90 Å². The lowest BCUT2D eigenvalue weighted by atomic mass is 10.1. The van der Waals surface area contributed by atoms with E-state index in [1.807, 2.05) is 32.0 Å². The summed E-state index contributed by atoms with van der Waals surface area (Å²) in [7, 11) is -3.97.